The van der Waals surface area contributed by atoms with E-state index < -0.39 is 0 Å². The summed E-state index contributed by atoms with van der Waals surface area (Å²) in [5.74, 6) is 0. The van der Waals surface area contributed by atoms with E-state index in [0.717, 1.165) is 25.7 Å². The Morgan fingerprint density at radius 2 is 0.750 bits per heavy atom. The molecular weight excluding hydrogens is 295 g/mol. The monoisotopic (exact) mass is 324 g/mol. The second-order valence-corrected chi connectivity index (χ2v) is 5.59. The molecule has 0 fully saturated rings. The molecule has 0 aliphatic carbocycles. The van der Waals surface area contributed by atoms with E-state index in [1.54, 1.807) is 0 Å². The summed E-state index contributed by atoms with van der Waals surface area (Å²) in [6.45, 7) is 4.00. The zero-order chi connectivity index (χ0) is 15.6. The maximum atomic E-state index is 10.5. The quantitative estimate of drug-likeness (QED) is 0.297. The first kappa shape index (κ1) is 22.2. The van der Waals surface area contributed by atoms with Gasteiger partial charge in [0.25, 0.3) is 0 Å². The molecule has 0 aromatic heterocycles. The summed E-state index contributed by atoms with van der Waals surface area (Å²) in [4.78, 5) is 21.0. The van der Waals surface area contributed by atoms with Gasteiger partial charge in [0.15, 0.2) is 0 Å². The maximum Gasteiger partial charge on any atom is 0.221 e. The number of halogens is 2. The van der Waals surface area contributed by atoms with Gasteiger partial charge in [0.1, 0.15) is 0 Å². The van der Waals surface area contributed by atoms with Crippen molar-refractivity contribution in [2.24, 2.45) is 0 Å². The molecule has 0 aromatic rings. The molecule has 0 aliphatic rings. The van der Waals surface area contributed by atoms with Crippen molar-refractivity contribution in [3.63, 3.8) is 0 Å². The predicted octanol–water partition coefficient (Wildman–Crippen LogP) is 6.22. The van der Waals surface area contributed by atoms with Crippen LogP contribution in [0.3, 0.4) is 0 Å². The van der Waals surface area contributed by atoms with E-state index in [1.807, 2.05) is 13.8 Å². The third-order valence-electron chi connectivity index (χ3n) is 3.00. The van der Waals surface area contributed by atoms with Gasteiger partial charge in [-0.15, -0.1) is 0 Å². The van der Waals surface area contributed by atoms with Crippen LogP contribution in [-0.2, 0) is 9.59 Å². The van der Waals surface area contributed by atoms with E-state index in [1.165, 1.54) is 38.5 Å². The van der Waals surface area contributed by atoms with Gasteiger partial charge in [-0.2, -0.15) is 0 Å². The van der Waals surface area contributed by atoms with Crippen molar-refractivity contribution in [1.82, 2.24) is 0 Å². The minimum Gasteiger partial charge on any atom is -0.281 e. The van der Waals surface area contributed by atoms with Crippen LogP contribution < -0.4 is 0 Å². The first-order valence-electron chi connectivity index (χ1n) is 7.99. The van der Waals surface area contributed by atoms with Crippen molar-refractivity contribution in [2.45, 2.75) is 90.9 Å². The average Bonchev–Trinajstić information content (AvgIpc) is 2.41. The molecule has 120 valence electrons. The summed E-state index contributed by atoms with van der Waals surface area (Å²) >= 11 is 10.5. The standard InChI is InChI=1S/C14H24Cl2O2.C2H6/c15-13(17)11-9-7-5-3-1-2-4-6-8-10-12-14(16)18;1-2/h1-12H2;1-2H3. The van der Waals surface area contributed by atoms with Crippen molar-refractivity contribution in [2.75, 3.05) is 0 Å². The zero-order valence-corrected chi connectivity index (χ0v) is 14.6. The lowest BCUT2D eigenvalue weighted by atomic mass is 10.1. The minimum absolute atomic E-state index is 0.217. The summed E-state index contributed by atoms with van der Waals surface area (Å²) < 4.78 is 0. The van der Waals surface area contributed by atoms with Crippen LogP contribution in [0.4, 0.5) is 0 Å². The van der Waals surface area contributed by atoms with Gasteiger partial charge in [-0.05, 0) is 36.0 Å². The molecule has 0 spiro atoms. The van der Waals surface area contributed by atoms with Gasteiger partial charge in [0.05, 0.1) is 0 Å². The fourth-order valence-electron chi connectivity index (χ4n) is 1.94. The van der Waals surface area contributed by atoms with E-state index in [-0.39, 0.29) is 10.5 Å². The molecule has 0 amide bonds. The SMILES string of the molecule is CC.O=C(Cl)CCCCCCCCCCCCC(=O)Cl. The Morgan fingerprint density at radius 3 is 0.950 bits per heavy atom. The number of carbonyl (C=O) groups excluding carboxylic acids is 2. The van der Waals surface area contributed by atoms with Crippen LogP contribution in [0.25, 0.3) is 0 Å². The topological polar surface area (TPSA) is 34.1 Å². The second kappa shape index (κ2) is 18.9. The summed E-state index contributed by atoms with van der Waals surface area (Å²) in [5, 5.41) is -0.434. The van der Waals surface area contributed by atoms with E-state index in [9.17, 15) is 9.59 Å². The predicted molar refractivity (Wildman–Crippen MR) is 88.5 cm³/mol. The van der Waals surface area contributed by atoms with Gasteiger partial charge >= 0.3 is 0 Å². The van der Waals surface area contributed by atoms with Crippen LogP contribution in [0.5, 0.6) is 0 Å². The Balaban J connectivity index is 0. The van der Waals surface area contributed by atoms with E-state index in [0.29, 0.717) is 12.8 Å². The van der Waals surface area contributed by atoms with Gasteiger partial charge in [0.2, 0.25) is 10.5 Å². The molecule has 0 bridgehead atoms. The number of hydrogen-bond donors (Lipinski definition) is 0. The fraction of sp³-hybridized carbons (Fsp3) is 0.875. The van der Waals surface area contributed by atoms with E-state index in [2.05, 4.69) is 0 Å². The number of rotatable bonds is 13. The van der Waals surface area contributed by atoms with Gasteiger partial charge in [-0.1, -0.05) is 65.2 Å². The molecule has 0 saturated carbocycles. The van der Waals surface area contributed by atoms with Crippen molar-refractivity contribution in [3.8, 4) is 0 Å². The first-order chi connectivity index (χ1) is 9.63. The normalized spacial score (nSPS) is 9.80. The molecular formula is C16H30Cl2O2. The van der Waals surface area contributed by atoms with Crippen molar-refractivity contribution in [1.29, 1.82) is 0 Å². The summed E-state index contributed by atoms with van der Waals surface area (Å²) in [6, 6.07) is 0. The van der Waals surface area contributed by atoms with Gasteiger partial charge in [0, 0.05) is 12.8 Å². The van der Waals surface area contributed by atoms with Crippen molar-refractivity contribution >= 4 is 33.7 Å². The van der Waals surface area contributed by atoms with Gasteiger partial charge in [-0.3, -0.25) is 9.59 Å². The lowest BCUT2D eigenvalue weighted by Gasteiger charge is -2.01. The minimum atomic E-state index is -0.217. The van der Waals surface area contributed by atoms with Gasteiger partial charge in [-0.25, -0.2) is 0 Å². The van der Waals surface area contributed by atoms with Crippen LogP contribution >= 0.6 is 23.2 Å². The molecule has 0 unspecified atom stereocenters. The average molecular weight is 325 g/mol. The Bertz CT molecular complexity index is 207. The van der Waals surface area contributed by atoms with Crippen molar-refractivity contribution < 1.29 is 9.59 Å². The highest BCUT2D eigenvalue weighted by Crippen LogP contribution is 2.12. The molecule has 0 aliphatic heterocycles. The van der Waals surface area contributed by atoms with Crippen LogP contribution in [0, 0.1) is 0 Å². The smallest absolute Gasteiger partial charge is 0.221 e. The Labute approximate surface area is 134 Å². The Kier molecular flexibility index (Phi) is 21.0. The largest absolute Gasteiger partial charge is 0.281 e. The molecule has 0 aromatic carbocycles. The van der Waals surface area contributed by atoms with E-state index >= 15 is 0 Å². The molecule has 4 heteroatoms. The summed E-state index contributed by atoms with van der Waals surface area (Å²) in [5.41, 5.74) is 0. The third-order valence-corrected chi connectivity index (χ3v) is 3.37. The van der Waals surface area contributed by atoms with Crippen LogP contribution in [0.2, 0.25) is 0 Å². The molecule has 2 nitrogen and oxygen atoms in total. The number of unbranched alkanes of at least 4 members (excludes halogenated alkanes) is 9. The molecule has 0 N–H and O–H groups in total. The molecule has 0 saturated heterocycles. The van der Waals surface area contributed by atoms with Gasteiger partial charge < -0.3 is 0 Å². The maximum absolute atomic E-state index is 10.5. The van der Waals surface area contributed by atoms with Crippen LogP contribution in [-0.4, -0.2) is 10.5 Å². The molecule has 0 radical (unpaired) electrons. The fourth-order valence-corrected chi connectivity index (χ4v) is 2.21. The highest BCUT2D eigenvalue weighted by Gasteiger charge is 1.97. The van der Waals surface area contributed by atoms with Crippen LogP contribution in [0.1, 0.15) is 90.9 Å². The highest BCUT2D eigenvalue weighted by atomic mass is 35.5. The lowest BCUT2D eigenvalue weighted by Crippen LogP contribution is -1.87. The molecule has 0 heterocycles. The van der Waals surface area contributed by atoms with Crippen molar-refractivity contribution in [3.05, 3.63) is 0 Å². The molecule has 0 rings (SSSR count). The molecule has 20 heavy (non-hydrogen) atoms. The second-order valence-electron chi connectivity index (χ2n) is 4.75. The lowest BCUT2D eigenvalue weighted by molar-refractivity contribution is -0.112. The number of hydrogen-bond acceptors (Lipinski definition) is 2. The Morgan fingerprint density at radius 1 is 0.550 bits per heavy atom. The first-order valence-corrected chi connectivity index (χ1v) is 8.75. The van der Waals surface area contributed by atoms with Crippen LogP contribution in [0.15, 0.2) is 0 Å². The highest BCUT2D eigenvalue weighted by molar-refractivity contribution is 6.63. The molecule has 0 atom stereocenters. The Hall–Kier alpha value is -0.0800. The number of carbonyl (C=O) groups is 2. The summed E-state index contributed by atoms with van der Waals surface area (Å²) in [7, 11) is 0. The zero-order valence-electron chi connectivity index (χ0n) is 13.1. The summed E-state index contributed by atoms with van der Waals surface area (Å²) in [6.07, 6.45) is 12.5. The van der Waals surface area contributed by atoms with E-state index in [4.69, 9.17) is 23.2 Å². The third kappa shape index (κ3) is 23.0.